The minimum Gasteiger partial charge on any atom is -0.349 e. The second-order valence-electron chi connectivity index (χ2n) is 6.81. The van der Waals surface area contributed by atoms with Crippen LogP contribution in [-0.4, -0.2) is 41.8 Å². The molecule has 1 saturated heterocycles. The number of halogens is 1. The van der Waals surface area contributed by atoms with E-state index < -0.39 is 0 Å². The highest BCUT2D eigenvalue weighted by Gasteiger charge is 2.24. The minimum absolute atomic E-state index is 0.0392. The molecule has 0 bridgehead atoms. The molecule has 2 N–H and O–H groups in total. The Morgan fingerprint density at radius 2 is 1.68 bits per heavy atom. The number of Topliss-reactive ketones (excluding diaryl/α,β-unsaturated/α-hetero) is 1. The summed E-state index contributed by atoms with van der Waals surface area (Å²) in [6, 6.07) is 11.9. The normalized spacial score (nSPS) is 14.4. The number of rotatable bonds is 4. The molecule has 0 aliphatic carbocycles. The number of anilines is 1. The number of hydrogen-bond donors (Lipinski definition) is 2. The van der Waals surface area contributed by atoms with Crippen LogP contribution in [0.3, 0.4) is 0 Å². The van der Waals surface area contributed by atoms with Crippen molar-refractivity contribution in [1.29, 1.82) is 0 Å². The molecule has 1 fully saturated rings. The maximum absolute atomic E-state index is 13.0. The van der Waals surface area contributed by atoms with E-state index in [1.165, 1.54) is 31.2 Å². The third-order valence-corrected chi connectivity index (χ3v) is 4.74. The maximum Gasteiger partial charge on any atom is 0.321 e. The molecule has 0 saturated carbocycles. The van der Waals surface area contributed by atoms with E-state index in [1.807, 2.05) is 0 Å². The van der Waals surface area contributed by atoms with E-state index in [-0.39, 0.29) is 29.6 Å². The second-order valence-corrected chi connectivity index (χ2v) is 6.81. The number of urea groups is 1. The maximum atomic E-state index is 13.0. The van der Waals surface area contributed by atoms with Gasteiger partial charge in [0.15, 0.2) is 5.78 Å². The Hall–Kier alpha value is -3.22. The Balaban J connectivity index is 1.50. The molecule has 2 aromatic rings. The molecule has 0 spiro atoms. The molecule has 3 rings (SSSR count). The summed E-state index contributed by atoms with van der Waals surface area (Å²) in [5.74, 6) is -0.692. The molecular formula is C21H22FN3O3. The molecule has 2 aromatic carbocycles. The standard InChI is InChI=1S/C21H22FN3O3/c1-14(26)16-3-2-4-19(13-16)24-21(28)25-11-9-18(10-12-25)23-20(27)15-5-7-17(22)8-6-15/h2-8,13,18H,9-12H2,1H3,(H,23,27)(H,24,28). The van der Waals surface area contributed by atoms with Crippen LogP contribution < -0.4 is 10.6 Å². The lowest BCUT2D eigenvalue weighted by Gasteiger charge is -2.32. The van der Waals surface area contributed by atoms with Gasteiger partial charge in [0.2, 0.25) is 0 Å². The van der Waals surface area contributed by atoms with Gasteiger partial charge in [0.05, 0.1) is 0 Å². The largest absolute Gasteiger partial charge is 0.349 e. The lowest BCUT2D eigenvalue weighted by Crippen LogP contribution is -2.47. The first-order valence-electron chi connectivity index (χ1n) is 9.16. The molecule has 0 radical (unpaired) electrons. The summed E-state index contributed by atoms with van der Waals surface area (Å²) in [6.07, 6.45) is 1.27. The molecule has 1 aliphatic heterocycles. The third kappa shape index (κ3) is 4.94. The van der Waals surface area contributed by atoms with Crippen molar-refractivity contribution < 1.29 is 18.8 Å². The Labute approximate surface area is 162 Å². The molecule has 6 nitrogen and oxygen atoms in total. The number of likely N-dealkylation sites (tertiary alicyclic amines) is 1. The zero-order valence-electron chi connectivity index (χ0n) is 15.6. The smallest absolute Gasteiger partial charge is 0.321 e. The minimum atomic E-state index is -0.385. The summed E-state index contributed by atoms with van der Waals surface area (Å²) < 4.78 is 13.0. The number of nitrogens with one attached hydrogen (secondary N) is 2. The van der Waals surface area contributed by atoms with E-state index in [4.69, 9.17) is 0 Å². The number of ketones is 1. The van der Waals surface area contributed by atoms with Gasteiger partial charge in [-0.15, -0.1) is 0 Å². The summed E-state index contributed by atoms with van der Waals surface area (Å²) in [6.45, 7) is 2.49. The molecule has 0 atom stereocenters. The molecular weight excluding hydrogens is 361 g/mol. The molecule has 28 heavy (non-hydrogen) atoms. The van der Waals surface area contributed by atoms with Crippen LogP contribution in [0.1, 0.15) is 40.5 Å². The van der Waals surface area contributed by atoms with Crippen molar-refractivity contribution in [2.75, 3.05) is 18.4 Å². The van der Waals surface area contributed by atoms with Crippen molar-refractivity contribution in [3.8, 4) is 0 Å². The van der Waals surface area contributed by atoms with Gasteiger partial charge in [0.1, 0.15) is 5.82 Å². The van der Waals surface area contributed by atoms with Crippen molar-refractivity contribution in [3.05, 3.63) is 65.5 Å². The Kier molecular flexibility index (Phi) is 6.03. The zero-order valence-corrected chi connectivity index (χ0v) is 15.6. The van der Waals surface area contributed by atoms with Gasteiger partial charge in [-0.2, -0.15) is 0 Å². The number of amides is 3. The third-order valence-electron chi connectivity index (χ3n) is 4.74. The number of nitrogens with zero attached hydrogens (tertiary/aromatic N) is 1. The van der Waals surface area contributed by atoms with Crippen LogP contribution in [0, 0.1) is 5.82 Å². The van der Waals surface area contributed by atoms with Gasteiger partial charge >= 0.3 is 6.03 Å². The van der Waals surface area contributed by atoms with Crippen molar-refractivity contribution in [1.82, 2.24) is 10.2 Å². The molecule has 1 aliphatic rings. The molecule has 3 amide bonds. The quantitative estimate of drug-likeness (QED) is 0.794. The zero-order chi connectivity index (χ0) is 20.1. The van der Waals surface area contributed by atoms with Crippen LogP contribution in [0.4, 0.5) is 14.9 Å². The highest BCUT2D eigenvalue weighted by molar-refractivity contribution is 5.97. The molecule has 0 unspecified atom stereocenters. The number of carbonyl (C=O) groups is 3. The average Bonchev–Trinajstić information content (AvgIpc) is 2.69. The van der Waals surface area contributed by atoms with E-state index in [0.29, 0.717) is 42.7 Å². The summed E-state index contributed by atoms with van der Waals surface area (Å²) in [4.78, 5) is 37.8. The van der Waals surface area contributed by atoms with Gasteiger partial charge in [0, 0.05) is 35.9 Å². The fraction of sp³-hybridized carbons (Fsp3) is 0.286. The predicted molar refractivity (Wildman–Crippen MR) is 104 cm³/mol. The highest BCUT2D eigenvalue weighted by Crippen LogP contribution is 2.16. The van der Waals surface area contributed by atoms with Gasteiger partial charge in [-0.05, 0) is 56.2 Å². The number of benzene rings is 2. The van der Waals surface area contributed by atoms with Crippen LogP contribution in [0.25, 0.3) is 0 Å². The molecule has 7 heteroatoms. The fourth-order valence-corrected chi connectivity index (χ4v) is 3.12. The Morgan fingerprint density at radius 3 is 2.32 bits per heavy atom. The van der Waals surface area contributed by atoms with Crippen LogP contribution in [0.5, 0.6) is 0 Å². The second kappa shape index (κ2) is 8.65. The van der Waals surface area contributed by atoms with E-state index >= 15 is 0 Å². The summed E-state index contributed by atoms with van der Waals surface area (Å²) >= 11 is 0. The topological polar surface area (TPSA) is 78.5 Å². The first kappa shape index (κ1) is 19.5. The van der Waals surface area contributed by atoms with Gasteiger partial charge in [-0.3, -0.25) is 9.59 Å². The van der Waals surface area contributed by atoms with Crippen LogP contribution in [-0.2, 0) is 0 Å². The number of piperidine rings is 1. The summed E-state index contributed by atoms with van der Waals surface area (Å²) in [7, 11) is 0. The van der Waals surface area contributed by atoms with Crippen molar-refractivity contribution in [2.45, 2.75) is 25.8 Å². The van der Waals surface area contributed by atoms with Crippen LogP contribution in [0.2, 0.25) is 0 Å². The average molecular weight is 383 g/mol. The first-order chi connectivity index (χ1) is 13.4. The van der Waals surface area contributed by atoms with Gasteiger partial charge in [-0.25, -0.2) is 9.18 Å². The SMILES string of the molecule is CC(=O)c1cccc(NC(=O)N2CCC(NC(=O)c3ccc(F)cc3)CC2)c1. The summed E-state index contributed by atoms with van der Waals surface area (Å²) in [5, 5.41) is 5.73. The monoisotopic (exact) mass is 383 g/mol. The van der Waals surface area contributed by atoms with Gasteiger partial charge < -0.3 is 15.5 Å². The van der Waals surface area contributed by atoms with Gasteiger partial charge in [-0.1, -0.05) is 12.1 Å². The Morgan fingerprint density at radius 1 is 1.00 bits per heavy atom. The molecule has 0 aromatic heterocycles. The van der Waals surface area contributed by atoms with Crippen LogP contribution in [0.15, 0.2) is 48.5 Å². The lowest BCUT2D eigenvalue weighted by atomic mass is 10.0. The van der Waals surface area contributed by atoms with Gasteiger partial charge in [0.25, 0.3) is 5.91 Å². The number of hydrogen-bond acceptors (Lipinski definition) is 3. The molecule has 1 heterocycles. The summed E-state index contributed by atoms with van der Waals surface area (Å²) in [5.41, 5.74) is 1.52. The highest BCUT2D eigenvalue weighted by atomic mass is 19.1. The van der Waals surface area contributed by atoms with Crippen molar-refractivity contribution >= 4 is 23.4 Å². The van der Waals surface area contributed by atoms with E-state index in [1.54, 1.807) is 29.2 Å². The van der Waals surface area contributed by atoms with Crippen LogP contribution >= 0.6 is 0 Å². The predicted octanol–water partition coefficient (Wildman–Crippen LogP) is 3.45. The number of carbonyl (C=O) groups excluding carboxylic acids is 3. The Bertz CT molecular complexity index is 875. The first-order valence-corrected chi connectivity index (χ1v) is 9.16. The van der Waals surface area contributed by atoms with E-state index in [2.05, 4.69) is 10.6 Å². The fourth-order valence-electron chi connectivity index (χ4n) is 3.12. The lowest BCUT2D eigenvalue weighted by molar-refractivity contribution is 0.0918. The molecule has 146 valence electrons. The van der Waals surface area contributed by atoms with Crippen molar-refractivity contribution in [2.24, 2.45) is 0 Å². The van der Waals surface area contributed by atoms with E-state index in [0.717, 1.165) is 0 Å². The van der Waals surface area contributed by atoms with E-state index in [9.17, 15) is 18.8 Å². The van der Waals surface area contributed by atoms with Crippen molar-refractivity contribution in [3.63, 3.8) is 0 Å².